The van der Waals surface area contributed by atoms with Crippen LogP contribution in [0.1, 0.15) is 19.3 Å². The maximum absolute atomic E-state index is 11.8. The molecule has 110 valence electrons. The number of carbonyl (C=O) groups is 2. The molecule has 0 aromatic rings. The first kappa shape index (κ1) is 15.5. The lowest BCUT2D eigenvalue weighted by atomic mass is 10.2. The number of carboxylic acids is 1. The van der Waals surface area contributed by atoms with Gasteiger partial charge in [0.1, 0.15) is 0 Å². The highest BCUT2D eigenvalue weighted by atomic mass is 19.4. The lowest BCUT2D eigenvalue weighted by Gasteiger charge is -2.13. The molecule has 1 saturated heterocycles. The first-order chi connectivity index (χ1) is 8.78. The maximum atomic E-state index is 11.8. The Bertz CT molecular complexity index is 335. The molecule has 2 amide bonds. The first-order valence-electron chi connectivity index (χ1n) is 5.74. The van der Waals surface area contributed by atoms with Crippen LogP contribution in [0.2, 0.25) is 0 Å². The van der Waals surface area contributed by atoms with Crippen molar-refractivity contribution in [1.29, 1.82) is 0 Å². The van der Waals surface area contributed by atoms with Crippen LogP contribution in [0.5, 0.6) is 0 Å². The first-order valence-corrected chi connectivity index (χ1v) is 5.74. The van der Waals surface area contributed by atoms with E-state index in [1.54, 1.807) is 0 Å². The summed E-state index contributed by atoms with van der Waals surface area (Å²) in [5, 5.41) is 13.1. The Hall–Kier alpha value is -1.51. The third-order valence-electron chi connectivity index (χ3n) is 2.57. The van der Waals surface area contributed by atoms with Crippen molar-refractivity contribution in [3.63, 3.8) is 0 Å². The predicted molar refractivity (Wildman–Crippen MR) is 57.6 cm³/mol. The van der Waals surface area contributed by atoms with Gasteiger partial charge in [-0.05, 0) is 12.8 Å². The van der Waals surface area contributed by atoms with Crippen molar-refractivity contribution in [1.82, 2.24) is 10.6 Å². The monoisotopic (exact) mass is 284 g/mol. The van der Waals surface area contributed by atoms with Crippen LogP contribution in [0, 0.1) is 0 Å². The average molecular weight is 284 g/mol. The highest BCUT2D eigenvalue weighted by Gasteiger charge is 2.30. The number of nitrogens with one attached hydrogen (secondary N) is 2. The summed E-state index contributed by atoms with van der Waals surface area (Å²) in [4.78, 5) is 21.7. The quantitative estimate of drug-likeness (QED) is 0.699. The predicted octanol–water partition coefficient (Wildman–Crippen LogP) is 0.870. The molecule has 2 atom stereocenters. The third-order valence-corrected chi connectivity index (χ3v) is 2.57. The van der Waals surface area contributed by atoms with Crippen LogP contribution in [0.15, 0.2) is 0 Å². The Balaban J connectivity index is 2.12. The number of rotatable bonds is 5. The molecule has 2 unspecified atom stereocenters. The number of alkyl halides is 3. The van der Waals surface area contributed by atoms with Crippen LogP contribution < -0.4 is 10.6 Å². The summed E-state index contributed by atoms with van der Waals surface area (Å²) in [7, 11) is 0. The fourth-order valence-corrected chi connectivity index (χ4v) is 1.62. The number of hydrogen-bond donors (Lipinski definition) is 3. The van der Waals surface area contributed by atoms with Crippen molar-refractivity contribution in [3.05, 3.63) is 0 Å². The van der Waals surface area contributed by atoms with Gasteiger partial charge in [-0.1, -0.05) is 0 Å². The van der Waals surface area contributed by atoms with E-state index in [1.807, 2.05) is 0 Å². The van der Waals surface area contributed by atoms with E-state index in [0.717, 1.165) is 0 Å². The Morgan fingerprint density at radius 3 is 2.47 bits per heavy atom. The third kappa shape index (κ3) is 6.27. The minimum Gasteiger partial charge on any atom is -0.479 e. The largest absolute Gasteiger partial charge is 0.479 e. The van der Waals surface area contributed by atoms with E-state index >= 15 is 0 Å². The standard InChI is InChI=1S/C10H15F3N2O4/c11-10(12,13)3-4-14-9(18)15-5-6-1-2-7(19-6)8(16)17/h6-7H,1-5H2,(H,16,17)(H2,14,15,18). The Labute approximate surface area is 107 Å². The number of urea groups is 1. The Morgan fingerprint density at radius 1 is 1.26 bits per heavy atom. The molecule has 3 N–H and O–H groups in total. The van der Waals surface area contributed by atoms with Crippen molar-refractivity contribution < 1.29 is 32.6 Å². The summed E-state index contributed by atoms with van der Waals surface area (Å²) in [6.45, 7) is -0.430. The van der Waals surface area contributed by atoms with Crippen molar-refractivity contribution in [2.45, 2.75) is 37.6 Å². The number of ether oxygens (including phenoxy) is 1. The van der Waals surface area contributed by atoms with E-state index in [9.17, 15) is 22.8 Å². The molecule has 1 aliphatic rings. The molecule has 1 fully saturated rings. The van der Waals surface area contributed by atoms with Crippen molar-refractivity contribution in [3.8, 4) is 0 Å². The van der Waals surface area contributed by atoms with Crippen molar-refractivity contribution >= 4 is 12.0 Å². The molecule has 0 aliphatic carbocycles. The molecule has 9 heteroatoms. The van der Waals surface area contributed by atoms with E-state index in [-0.39, 0.29) is 6.54 Å². The minimum absolute atomic E-state index is 0.0711. The van der Waals surface area contributed by atoms with Crippen molar-refractivity contribution in [2.75, 3.05) is 13.1 Å². The molecule has 19 heavy (non-hydrogen) atoms. The summed E-state index contributed by atoms with van der Waals surface area (Å²) < 4.78 is 40.5. The highest BCUT2D eigenvalue weighted by molar-refractivity contribution is 5.74. The molecular formula is C10H15F3N2O4. The molecule has 1 heterocycles. The zero-order chi connectivity index (χ0) is 14.5. The van der Waals surface area contributed by atoms with Crippen LogP contribution in [0.4, 0.5) is 18.0 Å². The maximum Gasteiger partial charge on any atom is 0.390 e. The normalized spacial score (nSPS) is 23.1. The summed E-state index contributed by atoms with van der Waals surface area (Å²) in [5.41, 5.74) is 0. The van der Waals surface area contributed by atoms with Gasteiger partial charge in [0, 0.05) is 13.1 Å². The topological polar surface area (TPSA) is 87.7 Å². The molecule has 0 saturated carbocycles. The Morgan fingerprint density at radius 2 is 1.95 bits per heavy atom. The summed E-state index contributed by atoms with van der Waals surface area (Å²) in [5.74, 6) is -1.06. The van der Waals surface area contributed by atoms with Gasteiger partial charge in [-0.25, -0.2) is 9.59 Å². The highest BCUT2D eigenvalue weighted by Crippen LogP contribution is 2.19. The summed E-state index contributed by atoms with van der Waals surface area (Å²) >= 11 is 0. The molecule has 1 aliphatic heterocycles. The van der Waals surface area contributed by atoms with Gasteiger partial charge in [-0.3, -0.25) is 0 Å². The SMILES string of the molecule is O=C(NCCC(F)(F)F)NCC1CCC(C(=O)O)O1. The van der Waals surface area contributed by atoms with Crippen LogP contribution in [0.25, 0.3) is 0 Å². The molecule has 1 rings (SSSR count). The summed E-state index contributed by atoms with van der Waals surface area (Å²) in [6.07, 6.45) is -5.86. The molecule has 0 aromatic carbocycles. The lowest BCUT2D eigenvalue weighted by Crippen LogP contribution is -2.41. The molecule has 0 spiro atoms. The van der Waals surface area contributed by atoms with Gasteiger partial charge in [0.25, 0.3) is 0 Å². The van der Waals surface area contributed by atoms with Crippen LogP contribution in [0.3, 0.4) is 0 Å². The number of halogens is 3. The van der Waals surface area contributed by atoms with Gasteiger partial charge in [-0.2, -0.15) is 13.2 Å². The van der Waals surface area contributed by atoms with Gasteiger partial charge < -0.3 is 20.5 Å². The molecule has 6 nitrogen and oxygen atoms in total. The lowest BCUT2D eigenvalue weighted by molar-refractivity contribution is -0.149. The van der Waals surface area contributed by atoms with Gasteiger partial charge >= 0.3 is 18.2 Å². The fraction of sp³-hybridized carbons (Fsp3) is 0.800. The minimum atomic E-state index is -4.31. The van der Waals surface area contributed by atoms with E-state index in [0.29, 0.717) is 12.8 Å². The number of carboxylic acid groups (broad SMARTS) is 1. The summed E-state index contributed by atoms with van der Waals surface area (Å²) in [6, 6.07) is -0.730. The molecular weight excluding hydrogens is 269 g/mol. The van der Waals surface area contributed by atoms with E-state index < -0.39 is 43.4 Å². The second kappa shape index (κ2) is 6.60. The second-order valence-corrected chi connectivity index (χ2v) is 4.16. The van der Waals surface area contributed by atoms with Gasteiger partial charge in [0.2, 0.25) is 0 Å². The average Bonchev–Trinajstić information content (AvgIpc) is 2.73. The second-order valence-electron chi connectivity index (χ2n) is 4.16. The molecule has 0 radical (unpaired) electrons. The van der Waals surface area contributed by atoms with Crippen molar-refractivity contribution in [2.24, 2.45) is 0 Å². The van der Waals surface area contributed by atoms with E-state index in [4.69, 9.17) is 9.84 Å². The Kier molecular flexibility index (Phi) is 5.40. The van der Waals surface area contributed by atoms with Crippen LogP contribution >= 0.6 is 0 Å². The van der Waals surface area contributed by atoms with E-state index in [1.165, 1.54) is 0 Å². The van der Waals surface area contributed by atoms with E-state index in [2.05, 4.69) is 10.6 Å². The number of aliphatic carboxylic acids is 1. The smallest absolute Gasteiger partial charge is 0.390 e. The number of hydrogen-bond acceptors (Lipinski definition) is 3. The molecule has 0 aromatic heterocycles. The fourth-order valence-electron chi connectivity index (χ4n) is 1.62. The van der Waals surface area contributed by atoms with Gasteiger partial charge in [0.05, 0.1) is 12.5 Å². The number of amides is 2. The number of carbonyl (C=O) groups excluding carboxylic acids is 1. The van der Waals surface area contributed by atoms with Crippen LogP contribution in [-0.4, -0.2) is 48.6 Å². The van der Waals surface area contributed by atoms with Gasteiger partial charge in [-0.15, -0.1) is 0 Å². The zero-order valence-corrected chi connectivity index (χ0v) is 10.00. The zero-order valence-electron chi connectivity index (χ0n) is 10.00. The van der Waals surface area contributed by atoms with Gasteiger partial charge in [0.15, 0.2) is 6.10 Å². The molecule has 0 bridgehead atoms. The van der Waals surface area contributed by atoms with Crippen LogP contribution in [-0.2, 0) is 9.53 Å².